The van der Waals surface area contributed by atoms with Crippen LogP contribution in [0.5, 0.6) is 11.5 Å². The second-order valence-electron chi connectivity index (χ2n) is 5.83. The summed E-state index contributed by atoms with van der Waals surface area (Å²) < 4.78 is 11.6. The second kappa shape index (κ2) is 8.01. The van der Waals surface area contributed by atoms with E-state index in [1.165, 1.54) is 6.42 Å². The molecule has 5 nitrogen and oxygen atoms in total. The Morgan fingerprint density at radius 2 is 2.08 bits per heavy atom. The molecule has 0 aliphatic carbocycles. The molecule has 2 aromatic heterocycles. The van der Waals surface area contributed by atoms with Crippen LogP contribution in [0.2, 0.25) is 10.3 Å². The van der Waals surface area contributed by atoms with Gasteiger partial charge in [0.25, 0.3) is 0 Å². The molecule has 0 bridgehead atoms. The summed E-state index contributed by atoms with van der Waals surface area (Å²) in [6.07, 6.45) is 5.66. The zero-order chi connectivity index (χ0) is 16.9. The number of aromatic nitrogens is 2. The fourth-order valence-corrected chi connectivity index (χ4v) is 2.89. The van der Waals surface area contributed by atoms with Gasteiger partial charge in [-0.2, -0.15) is 0 Å². The van der Waals surface area contributed by atoms with E-state index in [1.807, 2.05) is 6.07 Å². The molecule has 2 aromatic rings. The average molecular weight is 367 g/mol. The van der Waals surface area contributed by atoms with Crippen molar-refractivity contribution in [3.05, 3.63) is 46.5 Å². The number of hydrogen-bond donors (Lipinski definition) is 0. The third-order valence-corrected chi connectivity index (χ3v) is 4.59. The molecule has 7 heteroatoms. The van der Waals surface area contributed by atoms with E-state index in [0.717, 1.165) is 18.5 Å². The van der Waals surface area contributed by atoms with Gasteiger partial charge < -0.3 is 14.4 Å². The zero-order valence-corrected chi connectivity index (χ0v) is 14.9. The maximum atomic E-state index is 6.10. The van der Waals surface area contributed by atoms with Crippen molar-refractivity contribution < 1.29 is 9.47 Å². The van der Waals surface area contributed by atoms with E-state index in [9.17, 15) is 0 Å². The highest BCUT2D eigenvalue weighted by Crippen LogP contribution is 2.28. The fraction of sp³-hybridized carbons (Fsp3) is 0.412. The van der Waals surface area contributed by atoms with Crippen LogP contribution in [0.15, 0.2) is 30.6 Å². The Bertz CT molecular complexity index is 682. The molecule has 3 rings (SSSR count). The molecule has 1 aliphatic rings. The van der Waals surface area contributed by atoms with Crippen LogP contribution in [0.1, 0.15) is 18.4 Å². The van der Waals surface area contributed by atoms with Crippen LogP contribution in [-0.4, -0.2) is 41.1 Å². The molecule has 1 aliphatic heterocycles. The Balaban J connectivity index is 1.59. The zero-order valence-electron chi connectivity index (χ0n) is 13.4. The van der Waals surface area contributed by atoms with E-state index >= 15 is 0 Å². The standard InChI is InChI=1S/C17H19Cl2N3O2/c1-22-6-2-3-13(22)11-23-14-7-15(17(19)21-9-14)24-10-12-4-5-16(18)20-8-12/h4-5,7-9,13H,2-3,6,10-11H2,1H3/t13-/m0/s1/i1-1. The fourth-order valence-electron chi connectivity index (χ4n) is 2.63. The number of likely N-dealkylation sites (tertiary alicyclic amines) is 1. The lowest BCUT2D eigenvalue weighted by molar-refractivity contribution is 0.197. The summed E-state index contributed by atoms with van der Waals surface area (Å²) in [7, 11) is 2.12. The minimum Gasteiger partial charge on any atom is -0.490 e. The van der Waals surface area contributed by atoms with Crippen LogP contribution in [0.4, 0.5) is 0 Å². The van der Waals surface area contributed by atoms with Crippen molar-refractivity contribution in [2.45, 2.75) is 25.5 Å². The van der Waals surface area contributed by atoms with Gasteiger partial charge in [-0.05, 0) is 32.5 Å². The van der Waals surface area contributed by atoms with Gasteiger partial charge in [0.1, 0.15) is 24.1 Å². The predicted octanol–water partition coefficient (Wildman–Crippen LogP) is 3.84. The molecule has 0 spiro atoms. The van der Waals surface area contributed by atoms with Crippen LogP contribution in [-0.2, 0) is 6.61 Å². The number of pyridine rings is 2. The molecule has 128 valence electrons. The van der Waals surface area contributed by atoms with E-state index in [0.29, 0.717) is 41.1 Å². The van der Waals surface area contributed by atoms with E-state index in [4.69, 9.17) is 32.7 Å². The third kappa shape index (κ3) is 4.50. The predicted molar refractivity (Wildman–Crippen MR) is 94.0 cm³/mol. The van der Waals surface area contributed by atoms with Gasteiger partial charge in [0, 0.05) is 23.9 Å². The van der Waals surface area contributed by atoms with Crippen LogP contribution < -0.4 is 9.47 Å². The molecule has 0 unspecified atom stereocenters. The largest absolute Gasteiger partial charge is 0.490 e. The van der Waals surface area contributed by atoms with Crippen molar-refractivity contribution in [1.82, 2.24) is 14.9 Å². The molecule has 3 heterocycles. The number of rotatable bonds is 6. The van der Waals surface area contributed by atoms with Crippen molar-refractivity contribution in [1.29, 1.82) is 0 Å². The van der Waals surface area contributed by atoms with Crippen LogP contribution in [0.3, 0.4) is 0 Å². The van der Waals surface area contributed by atoms with Gasteiger partial charge in [0.2, 0.25) is 0 Å². The number of likely N-dealkylation sites (N-methyl/N-ethyl adjacent to an activating group) is 1. The smallest absolute Gasteiger partial charge is 0.171 e. The first kappa shape index (κ1) is 17.3. The maximum Gasteiger partial charge on any atom is 0.171 e. The number of ether oxygens (including phenoxy) is 2. The molecule has 0 aromatic carbocycles. The van der Waals surface area contributed by atoms with Gasteiger partial charge in [-0.25, -0.2) is 9.97 Å². The first-order valence-corrected chi connectivity index (χ1v) is 8.59. The third-order valence-electron chi connectivity index (χ3n) is 4.08. The van der Waals surface area contributed by atoms with Crippen molar-refractivity contribution in [3.63, 3.8) is 0 Å². The molecule has 0 N–H and O–H groups in total. The monoisotopic (exact) mass is 366 g/mol. The minimum absolute atomic E-state index is 0.308. The molecular formula is C17H19Cl2N3O2. The SMILES string of the molecule is [11CH3]N1CCC[C@H]1COc1cnc(Cl)c(OCc2ccc(Cl)nc2)c1. The number of hydrogen-bond acceptors (Lipinski definition) is 5. The van der Waals surface area contributed by atoms with Crippen LogP contribution in [0, 0.1) is 0 Å². The Kier molecular flexibility index (Phi) is 5.76. The van der Waals surface area contributed by atoms with Gasteiger partial charge in [0.05, 0.1) is 6.20 Å². The highest BCUT2D eigenvalue weighted by molar-refractivity contribution is 6.30. The summed E-state index contributed by atoms with van der Waals surface area (Å²) in [5, 5.41) is 0.757. The van der Waals surface area contributed by atoms with Gasteiger partial charge in [-0.1, -0.05) is 29.3 Å². The van der Waals surface area contributed by atoms with Crippen molar-refractivity contribution in [2.24, 2.45) is 0 Å². The summed E-state index contributed by atoms with van der Waals surface area (Å²) in [6, 6.07) is 5.79. The second-order valence-corrected chi connectivity index (χ2v) is 6.57. The molecule has 0 radical (unpaired) electrons. The number of halogens is 2. The molecule has 0 saturated carbocycles. The van der Waals surface area contributed by atoms with Gasteiger partial charge in [0.15, 0.2) is 10.9 Å². The Morgan fingerprint density at radius 3 is 2.79 bits per heavy atom. The van der Waals surface area contributed by atoms with Crippen molar-refractivity contribution in [2.75, 3.05) is 20.2 Å². The molecule has 0 amide bonds. The summed E-state index contributed by atoms with van der Waals surface area (Å²) in [4.78, 5) is 10.5. The van der Waals surface area contributed by atoms with Gasteiger partial charge in [-0.3, -0.25) is 0 Å². The topological polar surface area (TPSA) is 47.5 Å². The summed E-state index contributed by atoms with van der Waals surface area (Å²) >= 11 is 11.9. The first-order chi connectivity index (χ1) is 11.6. The molecule has 24 heavy (non-hydrogen) atoms. The quantitative estimate of drug-likeness (QED) is 0.726. The summed E-state index contributed by atoms with van der Waals surface area (Å²) in [5.74, 6) is 1.15. The van der Waals surface area contributed by atoms with E-state index in [-0.39, 0.29) is 0 Å². The van der Waals surface area contributed by atoms with Crippen LogP contribution >= 0.6 is 23.2 Å². The first-order valence-electron chi connectivity index (χ1n) is 7.83. The molecule has 1 saturated heterocycles. The Labute approximate surface area is 151 Å². The van der Waals surface area contributed by atoms with Gasteiger partial charge >= 0.3 is 0 Å². The van der Waals surface area contributed by atoms with E-state index in [1.54, 1.807) is 24.5 Å². The maximum absolute atomic E-state index is 6.10. The van der Waals surface area contributed by atoms with Gasteiger partial charge in [-0.15, -0.1) is 0 Å². The lowest BCUT2D eigenvalue weighted by atomic mass is 10.2. The normalized spacial score (nSPS) is 17.9. The molecular weight excluding hydrogens is 348 g/mol. The highest BCUT2D eigenvalue weighted by Gasteiger charge is 2.21. The number of nitrogens with zero attached hydrogens (tertiary/aromatic N) is 3. The van der Waals surface area contributed by atoms with Crippen LogP contribution in [0.25, 0.3) is 0 Å². The average Bonchev–Trinajstić information content (AvgIpc) is 2.99. The highest BCUT2D eigenvalue weighted by atomic mass is 35.5. The molecule has 1 fully saturated rings. The Morgan fingerprint density at radius 1 is 1.21 bits per heavy atom. The van der Waals surface area contributed by atoms with E-state index in [2.05, 4.69) is 21.9 Å². The lowest BCUT2D eigenvalue weighted by Gasteiger charge is -2.19. The Hall–Kier alpha value is -1.56. The van der Waals surface area contributed by atoms with Crippen molar-refractivity contribution in [3.8, 4) is 11.5 Å². The summed E-state index contributed by atoms with van der Waals surface area (Å²) in [6.45, 7) is 2.09. The lowest BCUT2D eigenvalue weighted by Crippen LogP contribution is -2.30. The van der Waals surface area contributed by atoms with Crippen molar-refractivity contribution >= 4 is 23.2 Å². The minimum atomic E-state index is 0.308. The summed E-state index contributed by atoms with van der Waals surface area (Å²) in [5.41, 5.74) is 0.898. The molecule has 1 atom stereocenters. The van der Waals surface area contributed by atoms with E-state index < -0.39 is 0 Å².